The van der Waals surface area contributed by atoms with Crippen molar-refractivity contribution in [3.63, 3.8) is 0 Å². The molecule has 0 saturated heterocycles. The third kappa shape index (κ3) is 2.77. The van der Waals surface area contributed by atoms with E-state index in [0.29, 0.717) is 6.07 Å². The summed E-state index contributed by atoms with van der Waals surface area (Å²) in [4.78, 5) is 3.12. The molecule has 0 radical (unpaired) electrons. The van der Waals surface area contributed by atoms with Crippen molar-refractivity contribution in [3.8, 4) is 0 Å². The first kappa shape index (κ1) is 14.4. The molecule has 0 bridgehead atoms. The molecule has 8 heteroatoms. The number of nitrogens with zero attached hydrogens (tertiary/aromatic N) is 1. The Morgan fingerprint density at radius 1 is 0.947 bits per heavy atom. The third-order valence-electron chi connectivity index (χ3n) is 2.38. The number of aromatic nitrogens is 1. The number of halogens is 7. The average molecular weight is 391 g/mol. The van der Waals surface area contributed by atoms with E-state index in [1.54, 1.807) is 22.6 Å². The molecule has 0 aliphatic carbocycles. The molecule has 1 nitrogen and oxygen atoms in total. The fraction of sp³-hybridized carbons (Fsp3) is 0.182. The van der Waals surface area contributed by atoms with Crippen LogP contribution in [0.25, 0.3) is 10.9 Å². The molecular formula is C11H4F6IN. The van der Waals surface area contributed by atoms with Crippen LogP contribution < -0.4 is 0 Å². The first-order valence-electron chi connectivity index (χ1n) is 4.84. The van der Waals surface area contributed by atoms with Crippen molar-refractivity contribution in [2.45, 2.75) is 12.4 Å². The number of fused-ring (bicyclic) bond motifs is 1. The van der Waals surface area contributed by atoms with Gasteiger partial charge in [-0.1, -0.05) is 12.1 Å². The first-order valence-corrected chi connectivity index (χ1v) is 5.92. The van der Waals surface area contributed by atoms with Gasteiger partial charge in [0.15, 0.2) is 0 Å². The van der Waals surface area contributed by atoms with E-state index >= 15 is 0 Å². The highest BCUT2D eigenvalue weighted by molar-refractivity contribution is 14.1. The molecule has 1 aromatic heterocycles. The summed E-state index contributed by atoms with van der Waals surface area (Å²) in [6.45, 7) is 0. The Balaban J connectivity index is 2.84. The van der Waals surface area contributed by atoms with Gasteiger partial charge in [-0.05, 0) is 34.7 Å². The maximum absolute atomic E-state index is 12.8. The molecular weight excluding hydrogens is 387 g/mol. The molecule has 2 rings (SSSR count). The highest BCUT2D eigenvalue weighted by Gasteiger charge is 2.37. The number of rotatable bonds is 0. The first-order chi connectivity index (χ1) is 8.60. The molecule has 0 spiro atoms. The number of para-hydroxylation sites is 1. The molecule has 0 fully saturated rings. The van der Waals surface area contributed by atoms with Crippen LogP contribution in [-0.2, 0) is 12.4 Å². The Hall–Kier alpha value is -1.06. The smallest absolute Gasteiger partial charge is 0.243 e. The van der Waals surface area contributed by atoms with Crippen LogP contribution in [0, 0.1) is 3.57 Å². The van der Waals surface area contributed by atoms with Gasteiger partial charge in [-0.25, -0.2) is 4.98 Å². The second-order valence-electron chi connectivity index (χ2n) is 3.69. The normalized spacial score (nSPS) is 13.0. The Bertz CT molecular complexity index is 631. The van der Waals surface area contributed by atoms with Gasteiger partial charge in [-0.3, -0.25) is 0 Å². The number of benzene rings is 1. The summed E-state index contributed by atoms with van der Waals surface area (Å²) in [5.74, 6) is 0. The zero-order valence-electron chi connectivity index (χ0n) is 8.90. The Morgan fingerprint density at radius 2 is 1.58 bits per heavy atom. The summed E-state index contributed by atoms with van der Waals surface area (Å²) in [7, 11) is 0. The molecule has 102 valence electrons. The summed E-state index contributed by atoms with van der Waals surface area (Å²) < 4.78 is 76.1. The van der Waals surface area contributed by atoms with E-state index in [9.17, 15) is 26.3 Å². The lowest BCUT2D eigenvalue weighted by molar-refractivity contribution is -0.142. The van der Waals surface area contributed by atoms with Gasteiger partial charge in [0.05, 0.1) is 11.1 Å². The van der Waals surface area contributed by atoms with Gasteiger partial charge < -0.3 is 0 Å². The Kier molecular flexibility index (Phi) is 3.40. The minimum atomic E-state index is -4.78. The predicted molar refractivity (Wildman–Crippen MR) is 64.5 cm³/mol. The van der Waals surface area contributed by atoms with Gasteiger partial charge >= 0.3 is 12.4 Å². The largest absolute Gasteiger partial charge is 0.433 e. The monoisotopic (exact) mass is 391 g/mol. The maximum atomic E-state index is 12.8. The van der Waals surface area contributed by atoms with Crippen LogP contribution in [0.3, 0.4) is 0 Å². The fourth-order valence-electron chi connectivity index (χ4n) is 1.58. The molecule has 1 heterocycles. The lowest BCUT2D eigenvalue weighted by Gasteiger charge is -2.13. The number of pyridine rings is 1. The van der Waals surface area contributed by atoms with Crippen LogP contribution in [0.5, 0.6) is 0 Å². The number of alkyl halides is 6. The molecule has 0 aliphatic heterocycles. The molecule has 0 saturated carbocycles. The van der Waals surface area contributed by atoms with Crippen molar-refractivity contribution in [3.05, 3.63) is 39.1 Å². The van der Waals surface area contributed by atoms with E-state index in [0.717, 1.165) is 12.1 Å². The highest BCUT2D eigenvalue weighted by Crippen LogP contribution is 2.37. The second kappa shape index (κ2) is 4.50. The SMILES string of the molecule is FC(F)(F)c1cc(I)c2cccc(C(F)(F)F)c2n1. The van der Waals surface area contributed by atoms with Crippen LogP contribution in [0.15, 0.2) is 24.3 Å². The van der Waals surface area contributed by atoms with Crippen molar-refractivity contribution in [2.24, 2.45) is 0 Å². The van der Waals surface area contributed by atoms with Gasteiger partial charge in [0.25, 0.3) is 0 Å². The average Bonchev–Trinajstić information content (AvgIpc) is 2.25. The van der Waals surface area contributed by atoms with Crippen LogP contribution in [0.4, 0.5) is 26.3 Å². The molecule has 19 heavy (non-hydrogen) atoms. The van der Waals surface area contributed by atoms with Crippen molar-refractivity contribution in [1.29, 1.82) is 0 Å². The molecule has 0 amide bonds. The zero-order valence-corrected chi connectivity index (χ0v) is 11.1. The van der Waals surface area contributed by atoms with Crippen LogP contribution in [0.2, 0.25) is 0 Å². The van der Waals surface area contributed by atoms with E-state index in [1.807, 2.05) is 0 Å². The van der Waals surface area contributed by atoms with Crippen molar-refractivity contribution >= 4 is 33.5 Å². The Morgan fingerprint density at radius 3 is 2.11 bits per heavy atom. The van der Waals surface area contributed by atoms with Crippen LogP contribution in [-0.4, -0.2) is 4.98 Å². The molecule has 0 atom stereocenters. The zero-order chi connectivity index (χ0) is 14.4. The van der Waals surface area contributed by atoms with Crippen molar-refractivity contribution < 1.29 is 26.3 Å². The van der Waals surface area contributed by atoms with E-state index in [-0.39, 0.29) is 8.96 Å². The number of hydrogen-bond donors (Lipinski definition) is 0. The molecule has 1 aromatic carbocycles. The second-order valence-corrected chi connectivity index (χ2v) is 4.85. The van der Waals surface area contributed by atoms with E-state index in [4.69, 9.17) is 0 Å². The highest BCUT2D eigenvalue weighted by atomic mass is 127. The topological polar surface area (TPSA) is 12.9 Å². The molecule has 2 aromatic rings. The van der Waals surface area contributed by atoms with Crippen LogP contribution >= 0.6 is 22.6 Å². The molecule has 0 N–H and O–H groups in total. The minimum absolute atomic E-state index is 0.0448. The Labute approximate surface area is 116 Å². The van der Waals surface area contributed by atoms with Crippen molar-refractivity contribution in [2.75, 3.05) is 0 Å². The minimum Gasteiger partial charge on any atom is -0.243 e. The van der Waals surface area contributed by atoms with Gasteiger partial charge in [0.2, 0.25) is 0 Å². The lowest BCUT2D eigenvalue weighted by atomic mass is 10.1. The van der Waals surface area contributed by atoms with E-state index < -0.39 is 29.1 Å². The maximum Gasteiger partial charge on any atom is 0.433 e. The third-order valence-corrected chi connectivity index (χ3v) is 3.28. The number of hydrogen-bond acceptors (Lipinski definition) is 1. The summed E-state index contributed by atoms with van der Waals surface area (Å²) in [6, 6.07) is 3.89. The van der Waals surface area contributed by atoms with Gasteiger partial charge in [0, 0.05) is 8.96 Å². The van der Waals surface area contributed by atoms with Crippen LogP contribution in [0.1, 0.15) is 11.3 Å². The van der Waals surface area contributed by atoms with Gasteiger partial charge in [0.1, 0.15) is 5.69 Å². The van der Waals surface area contributed by atoms with Crippen molar-refractivity contribution in [1.82, 2.24) is 4.98 Å². The van der Waals surface area contributed by atoms with E-state index in [1.165, 1.54) is 6.07 Å². The van der Waals surface area contributed by atoms with Gasteiger partial charge in [-0.15, -0.1) is 0 Å². The predicted octanol–water partition coefficient (Wildman–Crippen LogP) is 4.88. The molecule has 0 unspecified atom stereocenters. The van der Waals surface area contributed by atoms with E-state index in [2.05, 4.69) is 4.98 Å². The standard InChI is InChI=1S/C11H4F6IN/c12-10(13,14)6-3-1-2-5-7(18)4-8(11(15,16)17)19-9(5)6/h1-4H. The summed E-state index contributed by atoms with van der Waals surface area (Å²) in [5.41, 5.74) is -3.19. The summed E-state index contributed by atoms with van der Waals surface area (Å²) in [6.07, 6.45) is -9.54. The van der Waals surface area contributed by atoms with Gasteiger partial charge in [-0.2, -0.15) is 26.3 Å². The quantitative estimate of drug-likeness (QED) is 0.461. The lowest BCUT2D eigenvalue weighted by Crippen LogP contribution is -2.12. The summed E-state index contributed by atoms with van der Waals surface area (Å²) in [5, 5.41) is 0.0448. The molecule has 0 aliphatic rings. The summed E-state index contributed by atoms with van der Waals surface area (Å²) >= 11 is 1.56. The fourth-order valence-corrected chi connectivity index (χ4v) is 2.31.